The van der Waals surface area contributed by atoms with Gasteiger partial charge in [0, 0.05) is 13.1 Å². The number of aromatic nitrogens is 2. The summed E-state index contributed by atoms with van der Waals surface area (Å²) < 4.78 is 15.8. The van der Waals surface area contributed by atoms with Gasteiger partial charge in [-0.15, -0.1) is 0 Å². The maximum absolute atomic E-state index is 13.4. The number of carbonyl (C=O) groups is 1. The van der Waals surface area contributed by atoms with Crippen molar-refractivity contribution in [1.29, 1.82) is 0 Å². The molecule has 6 heteroatoms. The Morgan fingerprint density at radius 1 is 1.41 bits per heavy atom. The smallest absolute Gasteiger partial charge is 0.329 e. The lowest BCUT2D eigenvalue weighted by Gasteiger charge is -2.00. The molecule has 0 atom stereocenters. The van der Waals surface area contributed by atoms with Gasteiger partial charge < -0.3 is 5.11 Å². The Hall–Kier alpha value is -2.11. The summed E-state index contributed by atoms with van der Waals surface area (Å²) in [7, 11) is 1.53. The zero-order chi connectivity index (χ0) is 12.7. The number of aliphatic carboxylic acids is 1. The summed E-state index contributed by atoms with van der Waals surface area (Å²) in [6.07, 6.45) is 0. The van der Waals surface area contributed by atoms with Gasteiger partial charge >= 0.3 is 11.7 Å². The van der Waals surface area contributed by atoms with Crippen LogP contribution in [0.1, 0.15) is 5.56 Å². The number of imidazole rings is 1. The number of rotatable bonds is 2. The van der Waals surface area contributed by atoms with Crippen LogP contribution < -0.4 is 5.69 Å². The molecule has 90 valence electrons. The molecule has 0 unspecified atom stereocenters. The molecular formula is C11H11FN2O3. The molecule has 0 radical (unpaired) electrons. The second-order valence-electron chi connectivity index (χ2n) is 3.91. The molecule has 1 aromatic heterocycles. The maximum Gasteiger partial charge on any atom is 0.329 e. The van der Waals surface area contributed by atoms with E-state index in [2.05, 4.69) is 0 Å². The van der Waals surface area contributed by atoms with Crippen LogP contribution >= 0.6 is 0 Å². The van der Waals surface area contributed by atoms with E-state index in [0.717, 1.165) is 4.57 Å². The molecule has 0 aliphatic heterocycles. The van der Waals surface area contributed by atoms with Gasteiger partial charge in [0.1, 0.15) is 12.4 Å². The maximum atomic E-state index is 13.4. The number of hydrogen-bond acceptors (Lipinski definition) is 2. The fourth-order valence-corrected chi connectivity index (χ4v) is 1.82. The normalized spacial score (nSPS) is 11.0. The molecule has 0 saturated heterocycles. The van der Waals surface area contributed by atoms with Gasteiger partial charge in [0.15, 0.2) is 0 Å². The number of benzene rings is 1. The van der Waals surface area contributed by atoms with Crippen molar-refractivity contribution in [2.45, 2.75) is 13.5 Å². The van der Waals surface area contributed by atoms with E-state index in [9.17, 15) is 14.0 Å². The molecular weight excluding hydrogens is 227 g/mol. The lowest BCUT2D eigenvalue weighted by Crippen LogP contribution is -2.25. The Morgan fingerprint density at radius 2 is 2.06 bits per heavy atom. The van der Waals surface area contributed by atoms with Crippen molar-refractivity contribution in [2.24, 2.45) is 7.05 Å². The van der Waals surface area contributed by atoms with Crippen molar-refractivity contribution >= 4 is 17.0 Å². The topological polar surface area (TPSA) is 64.2 Å². The SMILES string of the molecule is Cc1cc2c(cc1F)n(CC(=O)O)c(=O)n2C. The Kier molecular flexibility index (Phi) is 2.49. The number of halogens is 1. The van der Waals surface area contributed by atoms with Crippen molar-refractivity contribution in [1.82, 2.24) is 9.13 Å². The second kappa shape index (κ2) is 3.73. The Bertz CT molecular complexity index is 669. The number of aryl methyl sites for hydroxylation is 2. The van der Waals surface area contributed by atoms with Crippen LogP contribution in [0.3, 0.4) is 0 Å². The van der Waals surface area contributed by atoms with E-state index in [1.807, 2.05) is 0 Å². The Morgan fingerprint density at radius 3 is 2.65 bits per heavy atom. The molecule has 2 aromatic rings. The summed E-state index contributed by atoms with van der Waals surface area (Å²) in [6.45, 7) is 1.12. The van der Waals surface area contributed by atoms with E-state index in [4.69, 9.17) is 5.11 Å². The van der Waals surface area contributed by atoms with E-state index >= 15 is 0 Å². The van der Waals surface area contributed by atoms with Crippen molar-refractivity contribution in [2.75, 3.05) is 0 Å². The molecule has 0 aliphatic rings. The average Bonchev–Trinajstić information content (AvgIpc) is 2.45. The van der Waals surface area contributed by atoms with Crippen LogP contribution in [0.25, 0.3) is 11.0 Å². The summed E-state index contributed by atoms with van der Waals surface area (Å²) in [5.74, 6) is -1.59. The third-order valence-electron chi connectivity index (χ3n) is 2.72. The number of carboxylic acid groups (broad SMARTS) is 1. The highest BCUT2D eigenvalue weighted by atomic mass is 19.1. The van der Waals surface area contributed by atoms with Crippen LogP contribution in [-0.2, 0) is 18.4 Å². The van der Waals surface area contributed by atoms with Gasteiger partial charge in [0.05, 0.1) is 11.0 Å². The molecule has 0 bridgehead atoms. The monoisotopic (exact) mass is 238 g/mol. The summed E-state index contributed by atoms with van der Waals surface area (Å²) in [5, 5.41) is 8.72. The molecule has 1 heterocycles. The Labute approximate surface area is 95.7 Å². The first-order valence-corrected chi connectivity index (χ1v) is 4.99. The highest BCUT2D eigenvalue weighted by Crippen LogP contribution is 2.17. The molecule has 0 amide bonds. The minimum atomic E-state index is -1.14. The number of carboxylic acids is 1. The number of fused-ring (bicyclic) bond motifs is 1. The van der Waals surface area contributed by atoms with Crippen molar-refractivity contribution in [3.8, 4) is 0 Å². The quantitative estimate of drug-likeness (QED) is 0.844. The number of hydrogen-bond donors (Lipinski definition) is 1. The lowest BCUT2D eigenvalue weighted by molar-refractivity contribution is -0.137. The van der Waals surface area contributed by atoms with Gasteiger partial charge in [-0.3, -0.25) is 13.9 Å². The van der Waals surface area contributed by atoms with Crippen LogP contribution in [0.5, 0.6) is 0 Å². The van der Waals surface area contributed by atoms with Crippen LogP contribution in [0.4, 0.5) is 4.39 Å². The first kappa shape index (κ1) is 11.4. The van der Waals surface area contributed by atoms with E-state index in [0.29, 0.717) is 16.6 Å². The van der Waals surface area contributed by atoms with Crippen molar-refractivity contribution < 1.29 is 14.3 Å². The van der Waals surface area contributed by atoms with E-state index in [-0.39, 0.29) is 0 Å². The summed E-state index contributed by atoms with van der Waals surface area (Å²) >= 11 is 0. The Balaban J connectivity index is 2.84. The molecule has 0 saturated carbocycles. The van der Waals surface area contributed by atoms with Gasteiger partial charge in [-0.2, -0.15) is 0 Å². The molecule has 17 heavy (non-hydrogen) atoms. The molecule has 2 rings (SSSR count). The first-order chi connectivity index (χ1) is 7.91. The highest BCUT2D eigenvalue weighted by molar-refractivity contribution is 5.79. The van der Waals surface area contributed by atoms with E-state index in [1.54, 1.807) is 6.92 Å². The van der Waals surface area contributed by atoms with Gasteiger partial charge in [-0.1, -0.05) is 0 Å². The number of nitrogens with zero attached hydrogens (tertiary/aromatic N) is 2. The summed E-state index contributed by atoms with van der Waals surface area (Å²) in [5.41, 5.74) is 0.770. The molecule has 1 N–H and O–H groups in total. The lowest BCUT2D eigenvalue weighted by atomic mass is 10.2. The van der Waals surface area contributed by atoms with Gasteiger partial charge in [0.2, 0.25) is 0 Å². The third kappa shape index (κ3) is 1.71. The van der Waals surface area contributed by atoms with Crippen molar-refractivity contribution in [3.05, 3.63) is 34.0 Å². The summed E-state index contributed by atoms with van der Waals surface area (Å²) in [6, 6.07) is 2.72. The van der Waals surface area contributed by atoms with Gasteiger partial charge in [-0.05, 0) is 18.6 Å². The van der Waals surface area contributed by atoms with Crippen LogP contribution in [0.2, 0.25) is 0 Å². The average molecular weight is 238 g/mol. The minimum Gasteiger partial charge on any atom is -0.480 e. The zero-order valence-electron chi connectivity index (χ0n) is 9.40. The minimum absolute atomic E-state index is 0.294. The van der Waals surface area contributed by atoms with E-state index in [1.165, 1.54) is 23.7 Å². The predicted molar refractivity (Wildman–Crippen MR) is 59.5 cm³/mol. The molecule has 0 fully saturated rings. The molecule has 0 spiro atoms. The van der Waals surface area contributed by atoms with Crippen LogP contribution in [0, 0.1) is 12.7 Å². The van der Waals surface area contributed by atoms with Crippen LogP contribution in [-0.4, -0.2) is 20.2 Å². The van der Waals surface area contributed by atoms with Crippen molar-refractivity contribution in [3.63, 3.8) is 0 Å². The van der Waals surface area contributed by atoms with Gasteiger partial charge in [-0.25, -0.2) is 9.18 Å². The third-order valence-corrected chi connectivity index (χ3v) is 2.72. The summed E-state index contributed by atoms with van der Waals surface area (Å²) in [4.78, 5) is 22.4. The largest absolute Gasteiger partial charge is 0.480 e. The predicted octanol–water partition coefficient (Wildman–Crippen LogP) is 0.872. The highest BCUT2D eigenvalue weighted by Gasteiger charge is 2.14. The fraction of sp³-hybridized carbons (Fsp3) is 0.273. The molecule has 5 nitrogen and oxygen atoms in total. The second-order valence-corrected chi connectivity index (χ2v) is 3.91. The fourth-order valence-electron chi connectivity index (χ4n) is 1.82. The van der Waals surface area contributed by atoms with Gasteiger partial charge in [0.25, 0.3) is 0 Å². The van der Waals surface area contributed by atoms with Crippen LogP contribution in [0.15, 0.2) is 16.9 Å². The van der Waals surface area contributed by atoms with E-state index < -0.39 is 24.0 Å². The first-order valence-electron chi connectivity index (χ1n) is 4.99. The molecule has 1 aromatic carbocycles. The standard InChI is InChI=1S/C11H11FN2O3/c1-6-3-8-9(4-7(6)12)14(5-10(15)16)11(17)13(8)2/h3-4H,5H2,1-2H3,(H,15,16). The zero-order valence-corrected chi connectivity index (χ0v) is 9.40. The molecule has 0 aliphatic carbocycles.